The van der Waals surface area contributed by atoms with Crippen LogP contribution in [0.1, 0.15) is 17.5 Å². The third-order valence-corrected chi connectivity index (χ3v) is 1.95. The summed E-state index contributed by atoms with van der Waals surface area (Å²) in [5.74, 6) is 4.25. The van der Waals surface area contributed by atoms with Gasteiger partial charge >= 0.3 is 5.97 Å². The van der Waals surface area contributed by atoms with Gasteiger partial charge in [-0.3, -0.25) is 4.79 Å². The summed E-state index contributed by atoms with van der Waals surface area (Å²) in [5.41, 5.74) is 6.46. The van der Waals surface area contributed by atoms with Crippen LogP contribution in [0.2, 0.25) is 0 Å². The van der Waals surface area contributed by atoms with E-state index < -0.39 is 11.8 Å². The van der Waals surface area contributed by atoms with Crippen molar-refractivity contribution < 1.29 is 13.9 Å². The van der Waals surface area contributed by atoms with Crippen LogP contribution in [0.15, 0.2) is 18.2 Å². The Labute approximate surface area is 93.4 Å². The quantitative estimate of drug-likeness (QED) is 0.603. The zero-order chi connectivity index (χ0) is 12.0. The first-order valence-electron chi connectivity index (χ1n) is 4.71. The first-order chi connectivity index (χ1) is 7.67. The molecule has 0 radical (unpaired) electrons. The number of benzene rings is 1. The zero-order valence-corrected chi connectivity index (χ0v) is 8.92. The minimum atomic E-state index is -0.442. The lowest BCUT2D eigenvalue weighted by atomic mass is 10.1. The summed E-state index contributed by atoms with van der Waals surface area (Å²) in [6, 6.07) is 4.48. The molecule has 0 heterocycles. The Morgan fingerprint density at radius 2 is 2.31 bits per heavy atom. The van der Waals surface area contributed by atoms with Crippen LogP contribution < -0.4 is 5.73 Å². The van der Waals surface area contributed by atoms with E-state index in [1.54, 1.807) is 12.1 Å². The van der Waals surface area contributed by atoms with Gasteiger partial charge in [0.25, 0.3) is 0 Å². The van der Waals surface area contributed by atoms with Crippen LogP contribution in [0.4, 0.5) is 4.39 Å². The fourth-order valence-corrected chi connectivity index (χ4v) is 1.08. The highest BCUT2D eigenvalue weighted by Crippen LogP contribution is 2.08. The van der Waals surface area contributed by atoms with Crippen LogP contribution in [0, 0.1) is 17.7 Å². The highest BCUT2D eigenvalue weighted by atomic mass is 19.1. The highest BCUT2D eigenvalue weighted by molar-refractivity contribution is 5.72. The van der Waals surface area contributed by atoms with E-state index >= 15 is 0 Å². The van der Waals surface area contributed by atoms with Crippen molar-refractivity contribution in [2.24, 2.45) is 5.73 Å². The van der Waals surface area contributed by atoms with E-state index in [4.69, 9.17) is 5.73 Å². The summed E-state index contributed by atoms with van der Waals surface area (Å²) < 4.78 is 17.7. The number of halogens is 1. The Kier molecular flexibility index (Phi) is 4.49. The van der Waals surface area contributed by atoms with Crippen molar-refractivity contribution in [1.29, 1.82) is 0 Å². The van der Waals surface area contributed by atoms with Crippen molar-refractivity contribution in [2.45, 2.75) is 13.0 Å². The molecule has 0 saturated carbocycles. The molecule has 84 valence electrons. The number of rotatable bonds is 2. The monoisotopic (exact) mass is 221 g/mol. The van der Waals surface area contributed by atoms with E-state index in [0.29, 0.717) is 6.54 Å². The molecule has 2 N–H and O–H groups in total. The number of ether oxygens (including phenoxy) is 1. The minimum absolute atomic E-state index is 0.0528. The molecule has 0 aromatic heterocycles. The molecule has 4 heteroatoms. The van der Waals surface area contributed by atoms with E-state index in [-0.39, 0.29) is 12.0 Å². The van der Waals surface area contributed by atoms with Gasteiger partial charge in [-0.15, -0.1) is 0 Å². The minimum Gasteiger partial charge on any atom is -0.468 e. The van der Waals surface area contributed by atoms with Crippen molar-refractivity contribution in [1.82, 2.24) is 0 Å². The predicted octanol–water partition coefficient (Wildman–Crippen LogP) is 1.20. The summed E-state index contributed by atoms with van der Waals surface area (Å²) in [6.45, 7) is 0.325. The van der Waals surface area contributed by atoms with Gasteiger partial charge in [0.05, 0.1) is 12.7 Å². The molecule has 0 aliphatic rings. The Balaban J connectivity index is 2.83. The number of hydrogen-bond acceptors (Lipinski definition) is 3. The fraction of sp³-hybridized carbons (Fsp3) is 0.250. The smallest absolute Gasteiger partial charge is 0.317 e. The molecule has 1 rings (SSSR count). The molecule has 0 aliphatic carbocycles. The molecular weight excluding hydrogens is 209 g/mol. The van der Waals surface area contributed by atoms with Crippen LogP contribution in [0.3, 0.4) is 0 Å². The number of carbonyl (C=O) groups excluding carboxylic acids is 1. The van der Waals surface area contributed by atoms with Gasteiger partial charge in [0, 0.05) is 6.54 Å². The van der Waals surface area contributed by atoms with Crippen molar-refractivity contribution in [3.8, 4) is 11.8 Å². The van der Waals surface area contributed by atoms with Crippen molar-refractivity contribution in [3.05, 3.63) is 35.1 Å². The fourth-order valence-electron chi connectivity index (χ4n) is 1.08. The third-order valence-electron chi connectivity index (χ3n) is 1.95. The van der Waals surface area contributed by atoms with Crippen molar-refractivity contribution in [3.63, 3.8) is 0 Å². The largest absolute Gasteiger partial charge is 0.468 e. The molecular formula is C12H12FNO2. The molecule has 0 unspecified atom stereocenters. The number of hydrogen-bond donors (Lipinski definition) is 1. The predicted molar refractivity (Wildman–Crippen MR) is 57.8 cm³/mol. The molecule has 0 aliphatic heterocycles. The normalized spacial score (nSPS) is 9.19. The van der Waals surface area contributed by atoms with Gasteiger partial charge in [-0.2, -0.15) is 0 Å². The average molecular weight is 221 g/mol. The second kappa shape index (κ2) is 5.89. The van der Waals surface area contributed by atoms with Gasteiger partial charge in [0.15, 0.2) is 0 Å². The van der Waals surface area contributed by atoms with Crippen LogP contribution in [-0.2, 0) is 16.1 Å². The third kappa shape index (κ3) is 3.37. The maximum atomic E-state index is 13.3. The van der Waals surface area contributed by atoms with Gasteiger partial charge in [0.1, 0.15) is 12.2 Å². The molecule has 0 atom stereocenters. The maximum Gasteiger partial charge on any atom is 0.317 e. The van der Waals surface area contributed by atoms with E-state index in [9.17, 15) is 9.18 Å². The van der Waals surface area contributed by atoms with Gasteiger partial charge in [-0.05, 0) is 17.7 Å². The van der Waals surface area contributed by atoms with Gasteiger partial charge in [-0.25, -0.2) is 4.39 Å². The number of esters is 1. The Bertz CT molecular complexity index is 446. The van der Waals surface area contributed by atoms with Gasteiger partial charge in [0.2, 0.25) is 0 Å². The summed E-state index contributed by atoms with van der Waals surface area (Å²) in [5, 5.41) is 0. The first-order valence-corrected chi connectivity index (χ1v) is 4.71. The van der Waals surface area contributed by atoms with E-state index in [2.05, 4.69) is 16.6 Å². The summed E-state index contributed by atoms with van der Waals surface area (Å²) in [7, 11) is 1.28. The molecule has 0 amide bonds. The Morgan fingerprint density at radius 3 is 2.94 bits per heavy atom. The lowest BCUT2D eigenvalue weighted by Crippen LogP contribution is -1.98. The second-order valence-corrected chi connectivity index (χ2v) is 3.07. The number of methoxy groups -OCH3 is 1. The summed E-state index contributed by atoms with van der Waals surface area (Å²) >= 11 is 0. The van der Waals surface area contributed by atoms with Crippen LogP contribution in [0.25, 0.3) is 0 Å². The molecule has 1 aromatic rings. The Morgan fingerprint density at radius 1 is 1.56 bits per heavy atom. The van der Waals surface area contributed by atoms with Crippen LogP contribution in [0.5, 0.6) is 0 Å². The second-order valence-electron chi connectivity index (χ2n) is 3.07. The van der Waals surface area contributed by atoms with E-state index in [1.807, 2.05) is 0 Å². The molecule has 0 fully saturated rings. The van der Waals surface area contributed by atoms with Crippen LogP contribution >= 0.6 is 0 Å². The number of nitrogens with two attached hydrogens (primary N) is 1. The van der Waals surface area contributed by atoms with Crippen LogP contribution in [-0.4, -0.2) is 13.1 Å². The lowest BCUT2D eigenvalue weighted by molar-refractivity contribution is -0.139. The Hall–Kier alpha value is -1.86. The van der Waals surface area contributed by atoms with Crippen molar-refractivity contribution in [2.75, 3.05) is 7.11 Å². The maximum absolute atomic E-state index is 13.3. The molecule has 1 aromatic carbocycles. The zero-order valence-electron chi connectivity index (χ0n) is 8.92. The molecule has 0 bridgehead atoms. The van der Waals surface area contributed by atoms with Gasteiger partial charge in [-0.1, -0.05) is 17.9 Å². The van der Waals surface area contributed by atoms with Gasteiger partial charge < -0.3 is 10.5 Å². The van der Waals surface area contributed by atoms with E-state index in [0.717, 1.165) is 5.56 Å². The highest BCUT2D eigenvalue weighted by Gasteiger charge is 2.00. The summed E-state index contributed by atoms with van der Waals surface area (Å²) in [4.78, 5) is 10.8. The molecule has 3 nitrogen and oxygen atoms in total. The lowest BCUT2D eigenvalue weighted by Gasteiger charge is -1.98. The molecule has 16 heavy (non-hydrogen) atoms. The summed E-state index contributed by atoms with van der Waals surface area (Å²) in [6.07, 6.45) is -0.0528. The first kappa shape index (κ1) is 12.2. The number of carbonyl (C=O) groups is 1. The molecule has 0 saturated heterocycles. The standard InChI is InChI=1S/C12H12FNO2/c1-16-12(15)4-2-3-10-7-9(8-14)5-6-11(10)13/h5-7H,4,8,14H2,1H3. The SMILES string of the molecule is COC(=O)CC#Cc1cc(CN)ccc1F. The van der Waals surface area contributed by atoms with Crippen molar-refractivity contribution >= 4 is 5.97 Å². The average Bonchev–Trinajstić information content (AvgIpc) is 2.31. The van der Waals surface area contributed by atoms with E-state index in [1.165, 1.54) is 13.2 Å². The molecule has 0 spiro atoms. The topological polar surface area (TPSA) is 52.3 Å².